The molecular formula is C25H29N3O4. The lowest BCUT2D eigenvalue weighted by Gasteiger charge is -2.21. The molecule has 168 valence electrons. The third-order valence-corrected chi connectivity index (χ3v) is 6.51. The molecule has 1 fully saturated rings. The number of non-ortho nitro benzene ring substituents is 1. The van der Waals surface area contributed by atoms with E-state index in [2.05, 4.69) is 16.6 Å². The number of benzene rings is 2. The lowest BCUT2D eigenvalue weighted by molar-refractivity contribution is -0.384. The Labute approximate surface area is 187 Å². The van der Waals surface area contributed by atoms with E-state index < -0.39 is 5.97 Å². The molecule has 1 aromatic heterocycles. The molecule has 0 spiro atoms. The minimum absolute atomic E-state index is 0.0733. The van der Waals surface area contributed by atoms with Crippen LogP contribution in [0.2, 0.25) is 0 Å². The number of oxime groups is 1. The Hall–Kier alpha value is -3.22. The van der Waals surface area contributed by atoms with Gasteiger partial charge >= 0.3 is 5.97 Å². The van der Waals surface area contributed by atoms with Gasteiger partial charge in [0.15, 0.2) is 0 Å². The normalized spacial score (nSPS) is 15.4. The molecule has 0 aliphatic heterocycles. The first-order valence-electron chi connectivity index (χ1n) is 11.4. The maximum atomic E-state index is 11.4. The van der Waals surface area contributed by atoms with E-state index in [1.54, 1.807) is 12.1 Å². The van der Waals surface area contributed by atoms with Gasteiger partial charge in [-0.3, -0.25) is 10.1 Å². The summed E-state index contributed by atoms with van der Waals surface area (Å²) in [5.41, 5.74) is 3.69. The second-order valence-electron chi connectivity index (χ2n) is 8.60. The number of nitrogens with zero attached hydrogens (tertiary/aromatic N) is 3. The van der Waals surface area contributed by atoms with Crippen LogP contribution in [0.15, 0.2) is 41.6 Å². The number of fused-ring (bicyclic) bond motifs is 3. The highest BCUT2D eigenvalue weighted by molar-refractivity contribution is 6.12. The Morgan fingerprint density at radius 2 is 1.81 bits per heavy atom. The van der Waals surface area contributed by atoms with E-state index in [0.29, 0.717) is 5.92 Å². The van der Waals surface area contributed by atoms with Crippen molar-refractivity contribution in [3.8, 4) is 0 Å². The van der Waals surface area contributed by atoms with Crippen LogP contribution in [0.4, 0.5) is 5.69 Å². The summed E-state index contributed by atoms with van der Waals surface area (Å²) in [5.74, 6) is 0.235. The monoisotopic (exact) mass is 435 g/mol. The first-order valence-corrected chi connectivity index (χ1v) is 11.4. The number of hydrogen-bond acceptors (Lipinski definition) is 5. The molecule has 0 saturated heterocycles. The highest BCUT2D eigenvalue weighted by atomic mass is 16.7. The van der Waals surface area contributed by atoms with E-state index in [1.807, 2.05) is 24.3 Å². The molecule has 0 bridgehead atoms. The number of nitro groups is 1. The van der Waals surface area contributed by atoms with Crippen molar-refractivity contribution < 1.29 is 14.6 Å². The number of hydrogen-bond donors (Lipinski definition) is 0. The third kappa shape index (κ3) is 4.52. The zero-order valence-corrected chi connectivity index (χ0v) is 18.7. The van der Waals surface area contributed by atoms with Crippen LogP contribution >= 0.6 is 0 Å². The van der Waals surface area contributed by atoms with Gasteiger partial charge in [-0.1, -0.05) is 43.3 Å². The highest BCUT2D eigenvalue weighted by Crippen LogP contribution is 2.33. The summed E-state index contributed by atoms with van der Waals surface area (Å²) in [5, 5.41) is 17.3. The van der Waals surface area contributed by atoms with Crippen LogP contribution in [0.25, 0.3) is 21.8 Å². The molecule has 3 aromatic rings. The van der Waals surface area contributed by atoms with Crippen LogP contribution in [-0.2, 0) is 16.2 Å². The predicted molar refractivity (Wildman–Crippen MR) is 126 cm³/mol. The molecule has 1 saturated carbocycles. The summed E-state index contributed by atoms with van der Waals surface area (Å²) >= 11 is 0. The predicted octanol–water partition coefficient (Wildman–Crippen LogP) is 6.35. The molecule has 4 rings (SSSR count). The third-order valence-electron chi connectivity index (χ3n) is 6.51. The first kappa shape index (κ1) is 22.0. The SMILES string of the molecule is CCn1c2ccc(C(CCC3CCCCC3)=NOC(C)=O)cc2c2cc([N+](=O)[O-])ccc21. The fraction of sp³-hybridized carbons (Fsp3) is 0.440. The van der Waals surface area contributed by atoms with Crippen molar-refractivity contribution in [2.45, 2.75) is 65.3 Å². The van der Waals surface area contributed by atoms with E-state index in [9.17, 15) is 14.9 Å². The summed E-state index contributed by atoms with van der Waals surface area (Å²) in [7, 11) is 0. The Morgan fingerprint density at radius 1 is 1.12 bits per heavy atom. The highest BCUT2D eigenvalue weighted by Gasteiger charge is 2.18. The lowest BCUT2D eigenvalue weighted by atomic mass is 9.85. The molecular weight excluding hydrogens is 406 g/mol. The molecule has 0 amide bonds. The summed E-state index contributed by atoms with van der Waals surface area (Å²) < 4.78 is 2.16. The number of rotatable bonds is 7. The van der Waals surface area contributed by atoms with Crippen molar-refractivity contribution in [2.24, 2.45) is 11.1 Å². The smallest absolute Gasteiger partial charge is 0.331 e. The fourth-order valence-corrected chi connectivity index (χ4v) is 4.90. The Bertz CT molecular complexity index is 1190. The molecule has 7 nitrogen and oxygen atoms in total. The molecule has 0 radical (unpaired) electrons. The van der Waals surface area contributed by atoms with Gasteiger partial charge in [0.25, 0.3) is 5.69 Å². The van der Waals surface area contributed by atoms with Crippen LogP contribution in [-0.4, -0.2) is 21.2 Å². The number of nitro benzene ring substituents is 1. The lowest BCUT2D eigenvalue weighted by Crippen LogP contribution is -2.11. The molecule has 32 heavy (non-hydrogen) atoms. The maximum Gasteiger partial charge on any atom is 0.331 e. The zero-order chi connectivity index (χ0) is 22.7. The van der Waals surface area contributed by atoms with Gasteiger partial charge in [0, 0.05) is 53.0 Å². The molecule has 7 heteroatoms. The van der Waals surface area contributed by atoms with Gasteiger partial charge in [-0.05, 0) is 43.9 Å². The van der Waals surface area contributed by atoms with Crippen LogP contribution in [0.1, 0.15) is 64.4 Å². The van der Waals surface area contributed by atoms with Crippen molar-refractivity contribution in [2.75, 3.05) is 0 Å². The zero-order valence-electron chi connectivity index (χ0n) is 18.7. The van der Waals surface area contributed by atoms with Gasteiger partial charge in [0.2, 0.25) is 0 Å². The van der Waals surface area contributed by atoms with E-state index in [1.165, 1.54) is 39.0 Å². The van der Waals surface area contributed by atoms with Crippen LogP contribution < -0.4 is 0 Å². The summed E-state index contributed by atoms with van der Waals surface area (Å²) in [6.45, 7) is 4.17. The Kier molecular flexibility index (Phi) is 6.53. The minimum atomic E-state index is -0.445. The quantitative estimate of drug-likeness (QED) is 0.187. The van der Waals surface area contributed by atoms with Gasteiger partial charge < -0.3 is 9.40 Å². The summed E-state index contributed by atoms with van der Waals surface area (Å²) in [6.07, 6.45) is 8.11. The molecule has 0 atom stereocenters. The van der Waals surface area contributed by atoms with Crippen molar-refractivity contribution in [3.63, 3.8) is 0 Å². The average molecular weight is 436 g/mol. The van der Waals surface area contributed by atoms with Gasteiger partial charge in [-0.2, -0.15) is 0 Å². The van der Waals surface area contributed by atoms with Gasteiger partial charge in [-0.25, -0.2) is 4.79 Å². The molecule has 0 unspecified atom stereocenters. The van der Waals surface area contributed by atoms with Gasteiger partial charge in [0.1, 0.15) is 0 Å². The molecule has 1 aliphatic carbocycles. The van der Waals surface area contributed by atoms with E-state index >= 15 is 0 Å². The largest absolute Gasteiger partial charge is 0.341 e. The number of carbonyl (C=O) groups excluding carboxylic acids is 1. The first-order chi connectivity index (χ1) is 15.5. The number of aromatic nitrogens is 1. The van der Waals surface area contributed by atoms with Crippen LogP contribution in [0.5, 0.6) is 0 Å². The fourth-order valence-electron chi connectivity index (χ4n) is 4.90. The summed E-state index contributed by atoms with van der Waals surface area (Å²) in [6, 6.07) is 11.1. The summed E-state index contributed by atoms with van der Waals surface area (Å²) in [4.78, 5) is 27.4. The van der Waals surface area contributed by atoms with E-state index in [-0.39, 0.29) is 10.6 Å². The second-order valence-corrected chi connectivity index (χ2v) is 8.60. The molecule has 0 N–H and O–H groups in total. The van der Waals surface area contributed by atoms with Crippen molar-refractivity contribution in [3.05, 3.63) is 52.1 Å². The average Bonchev–Trinajstić information content (AvgIpc) is 3.11. The number of aryl methyl sites for hydroxylation is 1. The van der Waals surface area contributed by atoms with Gasteiger partial charge in [-0.15, -0.1) is 0 Å². The van der Waals surface area contributed by atoms with E-state index in [0.717, 1.165) is 52.5 Å². The van der Waals surface area contributed by atoms with E-state index in [4.69, 9.17) is 4.84 Å². The van der Waals surface area contributed by atoms with Crippen molar-refractivity contribution >= 4 is 39.2 Å². The number of carbonyl (C=O) groups is 1. The maximum absolute atomic E-state index is 11.4. The topological polar surface area (TPSA) is 86.7 Å². The molecule has 1 aliphatic rings. The standard InChI is InChI=1S/C25H29N3O4/c1-3-27-24-13-10-19(15-21(24)22-16-20(28(30)31)11-14-25(22)27)23(26-32-17(2)29)12-9-18-7-5-4-6-8-18/h10-11,13-16,18H,3-9,12H2,1-2H3. The second kappa shape index (κ2) is 9.51. The molecule has 2 aromatic carbocycles. The minimum Gasteiger partial charge on any atom is -0.341 e. The van der Waals surface area contributed by atoms with Crippen LogP contribution in [0.3, 0.4) is 0 Å². The van der Waals surface area contributed by atoms with Crippen LogP contribution in [0, 0.1) is 16.0 Å². The van der Waals surface area contributed by atoms with Crippen molar-refractivity contribution in [1.82, 2.24) is 4.57 Å². The van der Waals surface area contributed by atoms with Crippen molar-refractivity contribution in [1.29, 1.82) is 0 Å². The Morgan fingerprint density at radius 3 is 2.47 bits per heavy atom. The molecule has 1 heterocycles. The Balaban J connectivity index is 1.76. The van der Waals surface area contributed by atoms with Gasteiger partial charge in [0.05, 0.1) is 10.6 Å².